The van der Waals surface area contributed by atoms with Crippen molar-refractivity contribution >= 4 is 32.7 Å². The van der Waals surface area contributed by atoms with Crippen molar-refractivity contribution in [1.29, 1.82) is 0 Å². The first-order valence-electron chi connectivity index (χ1n) is 11.1. The van der Waals surface area contributed by atoms with Crippen LogP contribution in [0.5, 0.6) is 5.88 Å². The van der Waals surface area contributed by atoms with Crippen molar-refractivity contribution in [3.05, 3.63) is 71.7 Å². The molecule has 0 amide bonds. The number of hydrogen-bond acceptors (Lipinski definition) is 8. The topological polar surface area (TPSA) is 129 Å². The Morgan fingerprint density at radius 2 is 1.86 bits per heavy atom. The minimum Gasteiger partial charge on any atom is -0.471 e. The fourth-order valence-electron chi connectivity index (χ4n) is 3.88. The van der Waals surface area contributed by atoms with Gasteiger partial charge in [-0.15, -0.1) is 0 Å². The Bertz CT molecular complexity index is 1580. The molecule has 4 aromatic rings. The second kappa shape index (κ2) is 9.82. The van der Waals surface area contributed by atoms with Crippen molar-refractivity contribution in [2.45, 2.75) is 18.3 Å². The molecule has 1 saturated heterocycles. The van der Waals surface area contributed by atoms with Gasteiger partial charge in [0.25, 0.3) is 0 Å². The number of pyridine rings is 1. The van der Waals surface area contributed by atoms with Crippen LogP contribution in [-0.2, 0) is 20.5 Å². The number of benzene rings is 2. The molecule has 5 rings (SSSR count). The number of nitrogens with one attached hydrogen (secondary N) is 1. The first-order valence-corrected chi connectivity index (χ1v) is 12.8. The quantitative estimate of drug-likeness (QED) is 0.345. The Balaban J connectivity index is 1.56. The zero-order valence-electron chi connectivity index (χ0n) is 19.1. The maximum Gasteiger partial charge on any atom is 0.237 e. The summed E-state index contributed by atoms with van der Waals surface area (Å²) in [6.07, 6.45) is 1.43. The number of nitrogen functional groups attached to an aromatic ring is 1. The first kappa shape index (κ1) is 24.7. The van der Waals surface area contributed by atoms with E-state index in [2.05, 4.69) is 15.0 Å². The molecule has 0 aliphatic carbocycles. The summed E-state index contributed by atoms with van der Waals surface area (Å²) in [6.45, 7) is 0.691. The van der Waals surface area contributed by atoms with Gasteiger partial charge in [-0.2, -0.15) is 9.97 Å². The van der Waals surface area contributed by atoms with Crippen LogP contribution in [0.1, 0.15) is 12.0 Å². The van der Waals surface area contributed by atoms with Gasteiger partial charge in [0.05, 0.1) is 19.0 Å². The van der Waals surface area contributed by atoms with Crippen molar-refractivity contribution in [1.82, 2.24) is 15.0 Å². The van der Waals surface area contributed by atoms with E-state index in [1.54, 1.807) is 18.2 Å². The fraction of sp³-hybridized carbons (Fsp3) is 0.208. The molecule has 0 saturated carbocycles. The predicted octanol–water partition coefficient (Wildman–Crippen LogP) is 3.80. The number of fused-ring (bicyclic) bond motifs is 1. The summed E-state index contributed by atoms with van der Waals surface area (Å²) in [4.78, 5) is 12.2. The van der Waals surface area contributed by atoms with Crippen LogP contribution in [-0.4, -0.2) is 42.7 Å². The number of ether oxygens (including phenoxy) is 2. The summed E-state index contributed by atoms with van der Waals surface area (Å²) in [5.41, 5.74) is 4.41. The van der Waals surface area contributed by atoms with Crippen LogP contribution in [0.4, 0.5) is 24.8 Å². The van der Waals surface area contributed by atoms with Crippen molar-refractivity contribution in [3.63, 3.8) is 0 Å². The van der Waals surface area contributed by atoms with E-state index in [1.165, 1.54) is 24.4 Å². The Kier molecular flexibility index (Phi) is 6.56. The highest BCUT2D eigenvalue weighted by Crippen LogP contribution is 2.38. The molecule has 13 heteroatoms. The lowest BCUT2D eigenvalue weighted by atomic mass is 10.0. The molecule has 3 heterocycles. The highest BCUT2D eigenvalue weighted by Gasteiger charge is 2.27. The van der Waals surface area contributed by atoms with Crippen molar-refractivity contribution in [2.75, 3.05) is 23.7 Å². The van der Waals surface area contributed by atoms with E-state index >= 15 is 13.2 Å². The lowest BCUT2D eigenvalue weighted by molar-refractivity contribution is 0.138. The highest BCUT2D eigenvalue weighted by molar-refractivity contribution is 7.91. The highest BCUT2D eigenvalue weighted by atomic mass is 32.2. The van der Waals surface area contributed by atoms with Gasteiger partial charge in [0.2, 0.25) is 21.9 Å². The summed E-state index contributed by atoms with van der Waals surface area (Å²) in [5.74, 6) is -5.29. The number of hydrogen-bond donors (Lipinski definition) is 2. The molecule has 0 bridgehead atoms. The van der Waals surface area contributed by atoms with Crippen molar-refractivity contribution in [2.24, 2.45) is 0 Å². The molecule has 192 valence electrons. The SMILES string of the molecule is Nc1ncc2cc(-c3cc(F)c(NS(=O)(=O)Cc4ccccc4)c(F)c3F)c(OC3CCOC3)nc2n1. The maximum absolute atomic E-state index is 15.4. The standard InChI is InChI=1S/C24H20F3N5O4S/c25-18-9-16(19(26)20(27)21(18)32-37(33,34)12-13-4-2-1-3-5-13)17-8-14-10-29-24(28)31-22(14)30-23(17)36-15-6-7-35-11-15/h1-5,8-10,15,32H,6-7,11-12H2,(H2,28,29,30,31). The molecule has 3 N–H and O–H groups in total. The van der Waals surface area contributed by atoms with Gasteiger partial charge in [0.1, 0.15) is 11.8 Å². The van der Waals surface area contributed by atoms with Crippen LogP contribution < -0.4 is 15.2 Å². The summed E-state index contributed by atoms with van der Waals surface area (Å²) >= 11 is 0. The van der Waals surface area contributed by atoms with Gasteiger partial charge < -0.3 is 15.2 Å². The average molecular weight is 532 g/mol. The molecule has 1 aliphatic rings. The molecule has 2 aromatic heterocycles. The lowest BCUT2D eigenvalue weighted by Crippen LogP contribution is -2.18. The van der Waals surface area contributed by atoms with Gasteiger partial charge in [-0.1, -0.05) is 30.3 Å². The van der Waals surface area contributed by atoms with Crippen LogP contribution in [0.3, 0.4) is 0 Å². The molecule has 37 heavy (non-hydrogen) atoms. The van der Waals surface area contributed by atoms with Gasteiger partial charge in [0, 0.05) is 29.1 Å². The van der Waals surface area contributed by atoms with Crippen LogP contribution >= 0.6 is 0 Å². The zero-order valence-corrected chi connectivity index (χ0v) is 19.9. The maximum atomic E-state index is 15.4. The van der Waals surface area contributed by atoms with E-state index in [1.807, 2.05) is 4.72 Å². The number of nitrogens with zero attached hydrogens (tertiary/aromatic N) is 3. The van der Waals surface area contributed by atoms with E-state index in [-0.39, 0.29) is 29.6 Å². The molecule has 0 radical (unpaired) electrons. The third kappa shape index (κ3) is 5.27. The molecule has 1 unspecified atom stereocenters. The van der Waals surface area contributed by atoms with Crippen LogP contribution in [0, 0.1) is 17.5 Å². The first-order chi connectivity index (χ1) is 17.7. The van der Waals surface area contributed by atoms with Crippen LogP contribution in [0.25, 0.3) is 22.2 Å². The number of anilines is 2. The fourth-order valence-corrected chi connectivity index (χ4v) is 5.08. The Morgan fingerprint density at radius 3 is 2.59 bits per heavy atom. The normalized spacial score (nSPS) is 15.7. The van der Waals surface area contributed by atoms with Crippen molar-refractivity contribution < 1.29 is 31.1 Å². The van der Waals surface area contributed by atoms with Gasteiger partial charge in [-0.3, -0.25) is 4.72 Å². The van der Waals surface area contributed by atoms with Crippen molar-refractivity contribution in [3.8, 4) is 17.0 Å². The third-order valence-corrected chi connectivity index (χ3v) is 6.85. The second-order valence-electron chi connectivity index (χ2n) is 8.34. The molecular formula is C24H20F3N5O4S. The minimum atomic E-state index is -4.26. The number of sulfonamides is 1. The van der Waals surface area contributed by atoms with E-state index < -0.39 is 50.6 Å². The summed E-state index contributed by atoms with van der Waals surface area (Å²) in [5, 5.41) is 0.312. The molecular weight excluding hydrogens is 511 g/mol. The molecule has 0 spiro atoms. The number of rotatable bonds is 7. The van der Waals surface area contributed by atoms with Crippen LogP contribution in [0.15, 0.2) is 48.7 Å². The molecule has 1 fully saturated rings. The summed E-state index contributed by atoms with van der Waals surface area (Å²) in [7, 11) is -4.26. The zero-order chi connectivity index (χ0) is 26.2. The van der Waals surface area contributed by atoms with E-state index in [9.17, 15) is 8.42 Å². The minimum absolute atomic E-state index is 0.0571. The van der Waals surface area contributed by atoms with E-state index in [0.29, 0.717) is 30.0 Å². The largest absolute Gasteiger partial charge is 0.471 e. The molecule has 1 aliphatic heterocycles. The monoisotopic (exact) mass is 531 g/mol. The Labute approximate surface area is 209 Å². The van der Waals surface area contributed by atoms with E-state index in [4.69, 9.17) is 15.2 Å². The summed E-state index contributed by atoms with van der Waals surface area (Å²) in [6, 6.07) is 10.1. The smallest absolute Gasteiger partial charge is 0.237 e. The number of nitrogens with two attached hydrogens (primary N) is 1. The summed E-state index contributed by atoms with van der Waals surface area (Å²) < 4.78 is 83.6. The Hall–Kier alpha value is -3.97. The van der Waals surface area contributed by atoms with Crippen LogP contribution in [0.2, 0.25) is 0 Å². The van der Waals surface area contributed by atoms with Gasteiger partial charge in [-0.25, -0.2) is 26.6 Å². The number of aromatic nitrogens is 3. The van der Waals surface area contributed by atoms with Gasteiger partial charge in [-0.05, 0) is 17.7 Å². The third-order valence-electron chi connectivity index (χ3n) is 5.62. The van der Waals surface area contributed by atoms with E-state index in [0.717, 1.165) is 0 Å². The van der Waals surface area contributed by atoms with Gasteiger partial charge >= 0.3 is 0 Å². The molecule has 2 aromatic carbocycles. The second-order valence-corrected chi connectivity index (χ2v) is 10.1. The Morgan fingerprint density at radius 1 is 1.08 bits per heavy atom. The lowest BCUT2D eigenvalue weighted by Gasteiger charge is -2.17. The van der Waals surface area contributed by atoms with Gasteiger partial charge in [0.15, 0.2) is 23.1 Å². The predicted molar refractivity (Wildman–Crippen MR) is 130 cm³/mol. The average Bonchev–Trinajstić information content (AvgIpc) is 3.37. The molecule has 1 atom stereocenters. The number of halogens is 3. The molecule has 9 nitrogen and oxygen atoms in total.